The number of anilines is 3. The third kappa shape index (κ3) is 5.82. The minimum Gasteiger partial charge on any atom is -0.489 e. The molecule has 3 rings (SSSR count). The van der Waals surface area contributed by atoms with Gasteiger partial charge in [-0.15, -0.1) is 5.10 Å². The lowest BCUT2D eigenvalue weighted by atomic mass is 10.1. The smallest absolute Gasteiger partial charge is 0.244 e. The van der Waals surface area contributed by atoms with Gasteiger partial charge in [0, 0.05) is 11.6 Å². The second kappa shape index (κ2) is 9.19. The molecule has 140 valence electrons. The predicted octanol–water partition coefficient (Wildman–Crippen LogP) is 4.71. The number of hydrogen-bond donors (Lipinski definition) is 2. The number of hydrogen-bond acceptors (Lipinski definition) is 6. The van der Waals surface area contributed by atoms with Crippen molar-refractivity contribution < 1.29 is 4.74 Å². The molecule has 0 spiro atoms. The third-order valence-electron chi connectivity index (χ3n) is 3.66. The molecule has 0 aliphatic carbocycles. The zero-order valence-corrected chi connectivity index (χ0v) is 16.1. The van der Waals surface area contributed by atoms with Gasteiger partial charge in [-0.1, -0.05) is 35.9 Å². The van der Waals surface area contributed by atoms with Gasteiger partial charge in [-0.05, 0) is 50.1 Å². The fraction of sp³-hybridized carbons (Fsp3) is 0.250. The molecule has 1 heterocycles. The van der Waals surface area contributed by atoms with E-state index in [9.17, 15) is 0 Å². The topological polar surface area (TPSA) is 72.0 Å². The van der Waals surface area contributed by atoms with Crippen LogP contribution in [0.4, 0.5) is 17.5 Å². The molecule has 2 aromatic carbocycles. The normalized spacial score (nSPS) is 10.7. The summed E-state index contributed by atoms with van der Waals surface area (Å²) in [6, 6.07) is 15.5. The van der Waals surface area contributed by atoms with Crippen molar-refractivity contribution in [2.24, 2.45) is 0 Å². The Morgan fingerprint density at radius 2 is 1.96 bits per heavy atom. The Hall–Kier alpha value is -2.86. The third-order valence-corrected chi connectivity index (χ3v) is 3.89. The van der Waals surface area contributed by atoms with E-state index in [2.05, 4.69) is 25.8 Å². The van der Waals surface area contributed by atoms with Crippen LogP contribution in [0, 0.1) is 0 Å². The summed E-state index contributed by atoms with van der Waals surface area (Å²) in [6.45, 7) is 4.66. The Morgan fingerprint density at radius 3 is 2.78 bits per heavy atom. The summed E-state index contributed by atoms with van der Waals surface area (Å²) in [5.41, 5.74) is 1.98. The van der Waals surface area contributed by atoms with Crippen molar-refractivity contribution >= 4 is 29.1 Å². The molecule has 0 amide bonds. The van der Waals surface area contributed by atoms with Crippen molar-refractivity contribution in [3.05, 3.63) is 65.3 Å². The molecule has 3 aromatic rings. The lowest BCUT2D eigenvalue weighted by Crippen LogP contribution is -2.10. The van der Waals surface area contributed by atoms with Crippen LogP contribution in [0.3, 0.4) is 0 Å². The van der Waals surface area contributed by atoms with Crippen molar-refractivity contribution in [1.82, 2.24) is 15.2 Å². The van der Waals surface area contributed by atoms with Gasteiger partial charge in [0.2, 0.25) is 5.95 Å². The first kappa shape index (κ1) is 18.9. The van der Waals surface area contributed by atoms with E-state index in [1.54, 1.807) is 6.20 Å². The van der Waals surface area contributed by atoms with E-state index >= 15 is 0 Å². The summed E-state index contributed by atoms with van der Waals surface area (Å²) in [5.74, 6) is 1.82. The van der Waals surface area contributed by atoms with Gasteiger partial charge in [-0.25, -0.2) is 0 Å². The lowest BCUT2D eigenvalue weighted by molar-refractivity contribution is 0.244. The van der Waals surface area contributed by atoms with E-state index in [-0.39, 0.29) is 6.10 Å². The molecular formula is C20H22ClN5O. The lowest BCUT2D eigenvalue weighted by Gasteiger charge is -2.15. The molecule has 0 saturated heterocycles. The highest BCUT2D eigenvalue weighted by molar-refractivity contribution is 6.30. The molecule has 27 heavy (non-hydrogen) atoms. The van der Waals surface area contributed by atoms with E-state index in [0.29, 0.717) is 18.3 Å². The standard InChI is InChI=1S/C20H22ClN5O/c1-14(2)27-18-9-4-3-8-17(18)24-19-13-23-26-20(25-19)22-11-10-15-6-5-7-16(21)12-15/h3-9,12-14H,10-11H2,1-2H3,(H2,22,24,25,26). The molecule has 0 aliphatic heterocycles. The minimum atomic E-state index is 0.0835. The van der Waals surface area contributed by atoms with Gasteiger partial charge in [-0.2, -0.15) is 10.1 Å². The highest BCUT2D eigenvalue weighted by Gasteiger charge is 2.07. The van der Waals surface area contributed by atoms with Gasteiger partial charge in [0.1, 0.15) is 5.75 Å². The molecule has 0 bridgehead atoms. The van der Waals surface area contributed by atoms with Crippen LogP contribution in [0.1, 0.15) is 19.4 Å². The Kier molecular flexibility index (Phi) is 6.44. The van der Waals surface area contributed by atoms with Crippen LogP contribution in [-0.4, -0.2) is 27.8 Å². The molecule has 1 aromatic heterocycles. The first-order chi connectivity index (χ1) is 13.1. The van der Waals surface area contributed by atoms with Crippen molar-refractivity contribution in [2.45, 2.75) is 26.4 Å². The summed E-state index contributed by atoms with van der Waals surface area (Å²) in [6.07, 6.45) is 2.47. The average molecular weight is 384 g/mol. The molecule has 2 N–H and O–H groups in total. The van der Waals surface area contributed by atoms with Crippen molar-refractivity contribution in [2.75, 3.05) is 17.2 Å². The van der Waals surface area contributed by atoms with Crippen molar-refractivity contribution in [3.63, 3.8) is 0 Å². The number of para-hydroxylation sites is 2. The molecule has 0 unspecified atom stereocenters. The van der Waals surface area contributed by atoms with Gasteiger partial charge < -0.3 is 15.4 Å². The summed E-state index contributed by atoms with van der Waals surface area (Å²) in [7, 11) is 0. The van der Waals surface area contributed by atoms with Gasteiger partial charge >= 0.3 is 0 Å². The molecule has 0 fully saturated rings. The molecule has 0 atom stereocenters. The molecule has 6 nitrogen and oxygen atoms in total. The van der Waals surface area contributed by atoms with Crippen molar-refractivity contribution in [3.8, 4) is 5.75 Å². The fourth-order valence-corrected chi connectivity index (χ4v) is 2.73. The largest absolute Gasteiger partial charge is 0.489 e. The first-order valence-electron chi connectivity index (χ1n) is 8.81. The number of nitrogens with zero attached hydrogens (tertiary/aromatic N) is 3. The van der Waals surface area contributed by atoms with E-state index in [1.165, 1.54) is 0 Å². The van der Waals surface area contributed by atoms with Crippen LogP contribution in [0.2, 0.25) is 5.02 Å². The summed E-state index contributed by atoms with van der Waals surface area (Å²) in [4.78, 5) is 4.46. The van der Waals surface area contributed by atoms with Crippen LogP contribution in [0.15, 0.2) is 54.7 Å². The second-order valence-electron chi connectivity index (χ2n) is 6.26. The monoisotopic (exact) mass is 383 g/mol. The highest BCUT2D eigenvalue weighted by Crippen LogP contribution is 2.27. The van der Waals surface area contributed by atoms with Crippen LogP contribution in [0.5, 0.6) is 5.75 Å². The Labute approximate surface area is 164 Å². The summed E-state index contributed by atoms with van der Waals surface area (Å²) < 4.78 is 5.82. The molecule has 7 heteroatoms. The van der Waals surface area contributed by atoms with Gasteiger partial charge in [0.05, 0.1) is 18.0 Å². The maximum atomic E-state index is 6.01. The Bertz CT molecular complexity index is 888. The number of aromatic nitrogens is 3. The molecule has 0 aliphatic rings. The average Bonchev–Trinajstić information content (AvgIpc) is 2.63. The number of benzene rings is 2. The summed E-state index contributed by atoms with van der Waals surface area (Å²) in [5, 5.41) is 15.2. The highest BCUT2D eigenvalue weighted by atomic mass is 35.5. The zero-order valence-electron chi connectivity index (χ0n) is 15.3. The number of halogens is 1. The maximum absolute atomic E-state index is 6.01. The van der Waals surface area contributed by atoms with Crippen molar-refractivity contribution in [1.29, 1.82) is 0 Å². The van der Waals surface area contributed by atoms with Gasteiger partial charge in [0.25, 0.3) is 0 Å². The van der Waals surface area contributed by atoms with Crippen LogP contribution in [0.25, 0.3) is 0 Å². The SMILES string of the molecule is CC(C)Oc1ccccc1Nc1cnnc(NCCc2cccc(Cl)c2)n1. The van der Waals surface area contributed by atoms with E-state index in [0.717, 1.165) is 28.4 Å². The first-order valence-corrected chi connectivity index (χ1v) is 9.18. The van der Waals surface area contributed by atoms with E-state index in [1.807, 2.05) is 62.4 Å². The quantitative estimate of drug-likeness (QED) is 0.587. The van der Waals surface area contributed by atoms with E-state index < -0.39 is 0 Å². The van der Waals surface area contributed by atoms with Crippen LogP contribution < -0.4 is 15.4 Å². The number of rotatable bonds is 8. The molecule has 0 radical (unpaired) electrons. The predicted molar refractivity (Wildman–Crippen MR) is 109 cm³/mol. The number of nitrogens with one attached hydrogen (secondary N) is 2. The second-order valence-corrected chi connectivity index (χ2v) is 6.70. The molecule has 0 saturated carbocycles. The Balaban J connectivity index is 1.62. The maximum Gasteiger partial charge on any atom is 0.244 e. The fourth-order valence-electron chi connectivity index (χ4n) is 2.51. The van der Waals surface area contributed by atoms with Crippen LogP contribution in [-0.2, 0) is 6.42 Å². The molecular weight excluding hydrogens is 362 g/mol. The summed E-state index contributed by atoms with van der Waals surface area (Å²) >= 11 is 6.01. The minimum absolute atomic E-state index is 0.0835. The van der Waals surface area contributed by atoms with Gasteiger partial charge in [0.15, 0.2) is 5.82 Å². The van der Waals surface area contributed by atoms with Gasteiger partial charge in [-0.3, -0.25) is 0 Å². The number of ether oxygens (including phenoxy) is 1. The van der Waals surface area contributed by atoms with Crippen LogP contribution >= 0.6 is 11.6 Å². The zero-order chi connectivity index (χ0) is 19.1. The Morgan fingerprint density at radius 1 is 1.11 bits per heavy atom. The van der Waals surface area contributed by atoms with E-state index in [4.69, 9.17) is 16.3 Å².